The highest BCUT2D eigenvalue weighted by Gasteiger charge is 2.27. The van der Waals surface area contributed by atoms with E-state index in [1.807, 2.05) is 0 Å². The van der Waals surface area contributed by atoms with Gasteiger partial charge in [0, 0.05) is 6.54 Å². The molecule has 1 amide bonds. The maximum Gasteiger partial charge on any atom is 0.237 e. The molecule has 0 aromatic carbocycles. The van der Waals surface area contributed by atoms with Crippen molar-refractivity contribution in [3.8, 4) is 0 Å². The highest BCUT2D eigenvalue weighted by atomic mass is 16.5. The van der Waals surface area contributed by atoms with Crippen LogP contribution in [-0.4, -0.2) is 49.7 Å². The molecule has 0 bridgehead atoms. The van der Waals surface area contributed by atoms with Gasteiger partial charge in [-0.1, -0.05) is 20.3 Å². The van der Waals surface area contributed by atoms with Crippen molar-refractivity contribution in [2.45, 2.75) is 39.2 Å². The number of unbranched alkanes of at least 4 members (excludes halogenated alkanes) is 1. The van der Waals surface area contributed by atoms with E-state index in [2.05, 4.69) is 18.7 Å². The zero-order chi connectivity index (χ0) is 13.6. The maximum atomic E-state index is 11.3. The molecule has 5 heteroatoms. The average Bonchev–Trinajstić information content (AvgIpc) is 2.35. The molecule has 0 saturated carbocycles. The molecule has 0 spiro atoms. The van der Waals surface area contributed by atoms with Gasteiger partial charge in [-0.3, -0.25) is 9.69 Å². The van der Waals surface area contributed by atoms with Gasteiger partial charge in [-0.05, 0) is 31.3 Å². The lowest BCUT2D eigenvalue weighted by atomic mass is 9.87. The summed E-state index contributed by atoms with van der Waals surface area (Å²) in [7, 11) is 0. The van der Waals surface area contributed by atoms with E-state index in [1.54, 1.807) is 0 Å². The lowest BCUT2D eigenvalue weighted by Crippen LogP contribution is -2.52. The molecule has 1 rings (SSSR count). The summed E-state index contributed by atoms with van der Waals surface area (Å²) in [6.45, 7) is 7.93. The Kier molecular flexibility index (Phi) is 6.05. The van der Waals surface area contributed by atoms with Gasteiger partial charge in [0.2, 0.25) is 5.91 Å². The van der Waals surface area contributed by atoms with Gasteiger partial charge in [0.05, 0.1) is 13.2 Å². The van der Waals surface area contributed by atoms with Crippen LogP contribution in [0.15, 0.2) is 0 Å². The van der Waals surface area contributed by atoms with E-state index < -0.39 is 0 Å². The summed E-state index contributed by atoms with van der Waals surface area (Å²) in [5, 5.41) is 0. The number of rotatable bonds is 7. The molecule has 1 heterocycles. The van der Waals surface area contributed by atoms with E-state index in [9.17, 15) is 4.79 Å². The fourth-order valence-corrected chi connectivity index (χ4v) is 2.19. The summed E-state index contributed by atoms with van der Waals surface area (Å²) >= 11 is 0. The second kappa shape index (κ2) is 7.07. The molecule has 4 N–H and O–H groups in total. The summed E-state index contributed by atoms with van der Waals surface area (Å²) in [6.07, 6.45) is 3.33. The number of carbonyl (C=O) groups is 1. The second-order valence-electron chi connectivity index (χ2n) is 5.85. The number of amides is 1. The van der Waals surface area contributed by atoms with Gasteiger partial charge in [0.25, 0.3) is 0 Å². The SMILES string of the molecule is CC(C)(CN)CCCCN1CCOCC1C(N)=O. The number of nitrogens with zero attached hydrogens (tertiary/aromatic N) is 1. The zero-order valence-electron chi connectivity index (χ0n) is 11.7. The van der Waals surface area contributed by atoms with Crippen molar-refractivity contribution in [3.63, 3.8) is 0 Å². The van der Waals surface area contributed by atoms with Crippen molar-refractivity contribution < 1.29 is 9.53 Å². The van der Waals surface area contributed by atoms with E-state index in [-0.39, 0.29) is 17.4 Å². The smallest absolute Gasteiger partial charge is 0.237 e. The number of ether oxygens (including phenoxy) is 1. The molecular formula is C13H27N3O2. The number of hydrogen-bond acceptors (Lipinski definition) is 4. The molecule has 0 aromatic rings. The molecule has 1 aliphatic rings. The van der Waals surface area contributed by atoms with Crippen LogP contribution >= 0.6 is 0 Å². The van der Waals surface area contributed by atoms with Crippen molar-refractivity contribution >= 4 is 5.91 Å². The van der Waals surface area contributed by atoms with Crippen LogP contribution in [0.1, 0.15) is 33.1 Å². The molecule has 1 atom stereocenters. The molecular weight excluding hydrogens is 230 g/mol. The van der Waals surface area contributed by atoms with Crippen molar-refractivity contribution in [2.75, 3.05) is 32.8 Å². The molecule has 18 heavy (non-hydrogen) atoms. The van der Waals surface area contributed by atoms with E-state index >= 15 is 0 Å². The highest BCUT2D eigenvalue weighted by Crippen LogP contribution is 2.21. The Labute approximate surface area is 110 Å². The van der Waals surface area contributed by atoms with Gasteiger partial charge in [-0.15, -0.1) is 0 Å². The van der Waals surface area contributed by atoms with Gasteiger partial charge in [-0.2, -0.15) is 0 Å². The van der Waals surface area contributed by atoms with Crippen LogP contribution in [-0.2, 0) is 9.53 Å². The first-order valence-electron chi connectivity index (χ1n) is 6.77. The van der Waals surface area contributed by atoms with Gasteiger partial charge in [0.1, 0.15) is 6.04 Å². The van der Waals surface area contributed by atoms with Crippen molar-refractivity contribution in [2.24, 2.45) is 16.9 Å². The van der Waals surface area contributed by atoms with Gasteiger partial charge in [-0.25, -0.2) is 0 Å². The molecule has 0 aromatic heterocycles. The van der Waals surface area contributed by atoms with Crippen LogP contribution in [0.4, 0.5) is 0 Å². The summed E-state index contributed by atoms with van der Waals surface area (Å²) < 4.78 is 5.29. The second-order valence-corrected chi connectivity index (χ2v) is 5.85. The number of morpholine rings is 1. The van der Waals surface area contributed by atoms with E-state index in [0.717, 1.165) is 32.4 Å². The summed E-state index contributed by atoms with van der Waals surface area (Å²) in [6, 6.07) is -0.249. The summed E-state index contributed by atoms with van der Waals surface area (Å²) in [5.41, 5.74) is 11.3. The van der Waals surface area contributed by atoms with Gasteiger partial charge < -0.3 is 16.2 Å². The fraction of sp³-hybridized carbons (Fsp3) is 0.923. The van der Waals surface area contributed by atoms with Gasteiger partial charge in [0.15, 0.2) is 0 Å². The third-order valence-corrected chi connectivity index (χ3v) is 3.67. The van der Waals surface area contributed by atoms with Crippen LogP contribution in [0.2, 0.25) is 0 Å². The lowest BCUT2D eigenvalue weighted by Gasteiger charge is -2.33. The lowest BCUT2D eigenvalue weighted by molar-refractivity contribution is -0.129. The average molecular weight is 257 g/mol. The third-order valence-electron chi connectivity index (χ3n) is 3.67. The van der Waals surface area contributed by atoms with Crippen LogP contribution in [0.25, 0.3) is 0 Å². The van der Waals surface area contributed by atoms with Crippen molar-refractivity contribution in [1.82, 2.24) is 4.90 Å². The van der Waals surface area contributed by atoms with Crippen molar-refractivity contribution in [1.29, 1.82) is 0 Å². The third kappa shape index (κ3) is 4.92. The normalized spacial score (nSPS) is 22.1. The number of carbonyl (C=O) groups excluding carboxylic acids is 1. The Hall–Kier alpha value is -0.650. The summed E-state index contributed by atoms with van der Waals surface area (Å²) in [5.74, 6) is -0.281. The molecule has 5 nitrogen and oxygen atoms in total. The van der Waals surface area contributed by atoms with Crippen LogP contribution < -0.4 is 11.5 Å². The molecule has 1 unspecified atom stereocenters. The molecule has 1 fully saturated rings. The largest absolute Gasteiger partial charge is 0.378 e. The first-order valence-corrected chi connectivity index (χ1v) is 6.77. The number of primary amides is 1. The highest BCUT2D eigenvalue weighted by molar-refractivity contribution is 5.80. The minimum Gasteiger partial charge on any atom is -0.378 e. The first kappa shape index (κ1) is 15.4. The standard InChI is InChI=1S/C13H27N3O2/c1-13(2,10-14)5-3-4-6-16-7-8-18-9-11(16)12(15)17/h11H,3-10,14H2,1-2H3,(H2,15,17). The Balaban J connectivity index is 2.27. The van der Waals surface area contributed by atoms with E-state index in [1.165, 1.54) is 0 Å². The van der Waals surface area contributed by atoms with Gasteiger partial charge >= 0.3 is 0 Å². The Morgan fingerprint density at radius 3 is 2.78 bits per heavy atom. The molecule has 1 aliphatic heterocycles. The minimum atomic E-state index is -0.281. The Bertz CT molecular complexity index is 269. The number of nitrogens with two attached hydrogens (primary N) is 2. The molecule has 106 valence electrons. The summed E-state index contributed by atoms with van der Waals surface area (Å²) in [4.78, 5) is 13.4. The first-order chi connectivity index (χ1) is 8.46. The zero-order valence-corrected chi connectivity index (χ0v) is 11.7. The van der Waals surface area contributed by atoms with Crippen molar-refractivity contribution in [3.05, 3.63) is 0 Å². The fourth-order valence-electron chi connectivity index (χ4n) is 2.19. The molecule has 0 radical (unpaired) electrons. The predicted molar refractivity (Wildman–Crippen MR) is 72.1 cm³/mol. The topological polar surface area (TPSA) is 81.6 Å². The monoisotopic (exact) mass is 257 g/mol. The Morgan fingerprint density at radius 2 is 2.17 bits per heavy atom. The maximum absolute atomic E-state index is 11.3. The van der Waals surface area contributed by atoms with Crippen LogP contribution in [0, 0.1) is 5.41 Å². The Morgan fingerprint density at radius 1 is 1.44 bits per heavy atom. The molecule has 0 aliphatic carbocycles. The van der Waals surface area contributed by atoms with E-state index in [0.29, 0.717) is 19.8 Å². The molecule has 1 saturated heterocycles. The quantitative estimate of drug-likeness (QED) is 0.644. The van der Waals surface area contributed by atoms with E-state index in [4.69, 9.17) is 16.2 Å². The van der Waals surface area contributed by atoms with Crippen LogP contribution in [0.3, 0.4) is 0 Å². The predicted octanol–water partition coefficient (Wildman–Crippen LogP) is 0.328. The van der Waals surface area contributed by atoms with Crippen LogP contribution in [0.5, 0.6) is 0 Å². The number of hydrogen-bond donors (Lipinski definition) is 2. The minimum absolute atomic E-state index is 0.216.